The van der Waals surface area contributed by atoms with Gasteiger partial charge >= 0.3 is 5.97 Å². The van der Waals surface area contributed by atoms with Crippen molar-refractivity contribution in [2.45, 2.75) is 124 Å². The molecule has 0 heterocycles. The molecule has 4 nitrogen and oxygen atoms in total. The first-order valence-corrected chi connectivity index (χ1v) is 12.4. The number of hydrogen-bond acceptors (Lipinski definition) is 4. The highest BCUT2D eigenvalue weighted by atomic mass is 16.5. The number of carbonyl (C=O) groups excluding carboxylic acids is 2. The minimum Gasteiger partial charge on any atom is -0.460 e. The molecule has 1 aliphatic carbocycles. The Morgan fingerprint density at radius 3 is 2.50 bits per heavy atom. The number of carbonyl (C=O) groups is 2. The van der Waals surface area contributed by atoms with E-state index in [0.29, 0.717) is 12.0 Å². The van der Waals surface area contributed by atoms with E-state index in [1.807, 2.05) is 6.92 Å². The summed E-state index contributed by atoms with van der Waals surface area (Å²) in [4.78, 5) is 23.4. The third-order valence-electron chi connectivity index (χ3n) is 6.48. The van der Waals surface area contributed by atoms with Gasteiger partial charge in [-0.05, 0) is 56.8 Å². The van der Waals surface area contributed by atoms with Crippen molar-refractivity contribution in [3.63, 3.8) is 0 Å². The van der Waals surface area contributed by atoms with Crippen LogP contribution in [0.25, 0.3) is 0 Å². The Balaban J connectivity index is 2.30. The third-order valence-corrected chi connectivity index (χ3v) is 6.48. The molecule has 0 radical (unpaired) electrons. The molecule has 1 fully saturated rings. The van der Waals surface area contributed by atoms with Crippen molar-refractivity contribution in [3.8, 4) is 0 Å². The zero-order chi connectivity index (χ0) is 22.4. The van der Waals surface area contributed by atoms with Gasteiger partial charge in [-0.15, -0.1) is 0 Å². The van der Waals surface area contributed by atoms with Gasteiger partial charge < -0.3 is 9.84 Å². The summed E-state index contributed by atoms with van der Waals surface area (Å²) in [6, 6.07) is 0. The summed E-state index contributed by atoms with van der Waals surface area (Å²) < 4.78 is 4.96. The highest BCUT2D eigenvalue weighted by Gasteiger charge is 2.29. The van der Waals surface area contributed by atoms with Crippen molar-refractivity contribution in [1.82, 2.24) is 0 Å². The molecule has 0 spiro atoms. The second-order valence-corrected chi connectivity index (χ2v) is 9.81. The molecule has 0 saturated heterocycles. The molecule has 0 bridgehead atoms. The zero-order valence-corrected chi connectivity index (χ0v) is 20.0. The number of aliphatic hydroxyl groups is 1. The molecule has 0 amide bonds. The summed E-state index contributed by atoms with van der Waals surface area (Å²) in [6.07, 6.45) is 15.8. The largest absolute Gasteiger partial charge is 0.460 e. The smallest absolute Gasteiger partial charge is 0.374 e. The van der Waals surface area contributed by atoms with Crippen LogP contribution in [-0.2, 0) is 14.3 Å². The molecule has 174 valence electrons. The van der Waals surface area contributed by atoms with Gasteiger partial charge in [-0.1, -0.05) is 71.4 Å². The van der Waals surface area contributed by atoms with Crippen LogP contribution in [-0.4, -0.2) is 29.6 Å². The molecule has 0 aromatic heterocycles. The number of ether oxygens (including phenoxy) is 1. The second kappa shape index (κ2) is 14.8. The summed E-state index contributed by atoms with van der Waals surface area (Å²) in [5, 5.41) is 10.4. The summed E-state index contributed by atoms with van der Waals surface area (Å²) in [6.45, 7) is 9.33. The SMILES string of the molecule is CCCCOC(=O)C(=O)CCCCC[C@@H]1C(=CCCC(C)(C)CCCC)CC[C@H]1O. The molecule has 0 aromatic carbocycles. The topological polar surface area (TPSA) is 63.6 Å². The number of allylic oxidation sites excluding steroid dienone is 1. The maximum absolute atomic E-state index is 11.8. The Morgan fingerprint density at radius 2 is 1.80 bits per heavy atom. The molecule has 0 aliphatic heterocycles. The van der Waals surface area contributed by atoms with Crippen LogP contribution in [0.3, 0.4) is 0 Å². The Labute approximate surface area is 184 Å². The molecular weight excluding hydrogens is 376 g/mol. The number of Topliss-reactive ketones (excluding diaryl/α,β-unsaturated/α-hetero) is 1. The number of esters is 1. The maximum atomic E-state index is 11.8. The van der Waals surface area contributed by atoms with Gasteiger partial charge in [0.05, 0.1) is 12.7 Å². The van der Waals surface area contributed by atoms with Gasteiger partial charge in [0.25, 0.3) is 0 Å². The van der Waals surface area contributed by atoms with E-state index < -0.39 is 11.8 Å². The average Bonchev–Trinajstić information content (AvgIpc) is 3.05. The van der Waals surface area contributed by atoms with E-state index >= 15 is 0 Å². The van der Waals surface area contributed by atoms with E-state index in [1.165, 1.54) is 31.3 Å². The van der Waals surface area contributed by atoms with Crippen LogP contribution in [0.2, 0.25) is 0 Å². The molecule has 0 aromatic rings. The minimum atomic E-state index is -0.679. The van der Waals surface area contributed by atoms with Crippen molar-refractivity contribution in [3.05, 3.63) is 11.6 Å². The van der Waals surface area contributed by atoms with Crippen molar-refractivity contribution in [1.29, 1.82) is 0 Å². The summed E-state index contributed by atoms with van der Waals surface area (Å²) in [5.74, 6) is -0.807. The van der Waals surface area contributed by atoms with E-state index in [2.05, 4.69) is 26.8 Å². The lowest BCUT2D eigenvalue weighted by atomic mass is 9.82. The highest BCUT2D eigenvalue weighted by molar-refractivity contribution is 6.33. The number of rotatable bonds is 16. The average molecular weight is 423 g/mol. The summed E-state index contributed by atoms with van der Waals surface area (Å²) in [5.41, 5.74) is 1.83. The molecule has 1 rings (SSSR count). The van der Waals surface area contributed by atoms with Gasteiger partial charge in [0.2, 0.25) is 5.78 Å². The molecule has 0 unspecified atom stereocenters. The van der Waals surface area contributed by atoms with Crippen molar-refractivity contribution in [2.24, 2.45) is 11.3 Å². The lowest BCUT2D eigenvalue weighted by Crippen LogP contribution is -2.18. The predicted octanol–water partition coefficient (Wildman–Crippen LogP) is 6.54. The van der Waals surface area contributed by atoms with Crippen molar-refractivity contribution < 1.29 is 19.4 Å². The molecule has 4 heteroatoms. The van der Waals surface area contributed by atoms with E-state index in [-0.39, 0.29) is 18.4 Å². The minimum absolute atomic E-state index is 0.223. The first-order valence-electron chi connectivity index (χ1n) is 12.4. The first kappa shape index (κ1) is 26.9. The molecule has 1 aliphatic rings. The number of aliphatic hydroxyl groups excluding tert-OH is 1. The van der Waals surface area contributed by atoms with Gasteiger partial charge in [0, 0.05) is 12.3 Å². The quantitative estimate of drug-likeness (QED) is 0.133. The van der Waals surface area contributed by atoms with Crippen LogP contribution >= 0.6 is 0 Å². The normalized spacial score (nSPS) is 20.6. The van der Waals surface area contributed by atoms with E-state index in [0.717, 1.165) is 57.8 Å². The molecule has 2 atom stereocenters. The fraction of sp³-hybridized carbons (Fsp3) is 0.846. The Morgan fingerprint density at radius 1 is 1.07 bits per heavy atom. The van der Waals surface area contributed by atoms with Crippen LogP contribution in [0, 0.1) is 11.3 Å². The molecule has 1 N–H and O–H groups in total. The molecule has 30 heavy (non-hydrogen) atoms. The predicted molar refractivity (Wildman–Crippen MR) is 123 cm³/mol. The fourth-order valence-electron chi connectivity index (χ4n) is 4.33. The van der Waals surface area contributed by atoms with Crippen LogP contribution in [0.15, 0.2) is 11.6 Å². The maximum Gasteiger partial charge on any atom is 0.374 e. The number of hydrogen-bond donors (Lipinski definition) is 1. The summed E-state index contributed by atoms with van der Waals surface area (Å²) in [7, 11) is 0. The van der Waals surface area contributed by atoms with Gasteiger partial charge in [-0.2, -0.15) is 0 Å². The third kappa shape index (κ3) is 10.7. The highest BCUT2D eigenvalue weighted by Crippen LogP contribution is 2.37. The van der Waals surface area contributed by atoms with Crippen molar-refractivity contribution >= 4 is 11.8 Å². The lowest BCUT2D eigenvalue weighted by molar-refractivity contribution is -0.154. The standard InChI is InChI=1S/C26H46O4/c1-5-7-18-26(3,4)19-12-13-21-16-17-23(27)22(21)14-10-9-11-15-24(28)25(29)30-20-8-6-2/h13,22-23,27H,5-12,14-20H2,1-4H3/t22-,23-/m1/s1. The van der Waals surface area contributed by atoms with Gasteiger partial charge in [0.1, 0.15) is 0 Å². The Bertz CT molecular complexity index is 535. The zero-order valence-electron chi connectivity index (χ0n) is 20.0. The van der Waals surface area contributed by atoms with Gasteiger partial charge in [-0.3, -0.25) is 4.79 Å². The number of ketones is 1. The second-order valence-electron chi connectivity index (χ2n) is 9.81. The Hall–Kier alpha value is -1.16. The van der Waals surface area contributed by atoms with E-state index in [4.69, 9.17) is 4.74 Å². The van der Waals surface area contributed by atoms with Crippen LogP contribution in [0.1, 0.15) is 118 Å². The van der Waals surface area contributed by atoms with Crippen molar-refractivity contribution in [2.75, 3.05) is 6.61 Å². The first-order chi connectivity index (χ1) is 14.3. The monoisotopic (exact) mass is 422 g/mol. The van der Waals surface area contributed by atoms with E-state index in [1.54, 1.807) is 0 Å². The molecular formula is C26H46O4. The van der Waals surface area contributed by atoms with Gasteiger partial charge in [-0.25, -0.2) is 4.79 Å². The summed E-state index contributed by atoms with van der Waals surface area (Å²) >= 11 is 0. The van der Waals surface area contributed by atoms with Gasteiger partial charge in [0.15, 0.2) is 0 Å². The Kier molecular flexibility index (Phi) is 13.2. The number of unbranched alkanes of at least 4 members (excludes halogenated alkanes) is 4. The fourth-order valence-corrected chi connectivity index (χ4v) is 4.33. The van der Waals surface area contributed by atoms with Crippen LogP contribution in [0.4, 0.5) is 0 Å². The van der Waals surface area contributed by atoms with Crippen LogP contribution in [0.5, 0.6) is 0 Å². The van der Waals surface area contributed by atoms with E-state index in [9.17, 15) is 14.7 Å². The molecule has 1 saturated carbocycles. The van der Waals surface area contributed by atoms with Crippen LogP contribution < -0.4 is 0 Å². The lowest BCUT2D eigenvalue weighted by Gasteiger charge is -2.24.